The smallest absolute Gasteiger partial charge is 0.0658 e. The van der Waals surface area contributed by atoms with E-state index in [1.54, 1.807) is 0 Å². The molecular weight excluding hydrogens is 258 g/mol. The van der Waals surface area contributed by atoms with Crippen LogP contribution in [0, 0.1) is 0 Å². The first-order valence-corrected chi connectivity index (χ1v) is 7.02. The molecule has 3 aromatic rings. The quantitative estimate of drug-likeness (QED) is 0.415. The predicted octanol–water partition coefficient (Wildman–Crippen LogP) is 4.82. The second kappa shape index (κ2) is 5.80. The molecule has 21 heavy (non-hydrogen) atoms. The van der Waals surface area contributed by atoms with Gasteiger partial charge in [-0.1, -0.05) is 78.0 Å². The van der Waals surface area contributed by atoms with Crippen molar-refractivity contribution in [3.8, 4) is 0 Å². The highest BCUT2D eigenvalue weighted by atomic mass is 16.4. The number of rotatable bonds is 3. The van der Waals surface area contributed by atoms with Crippen molar-refractivity contribution < 1.29 is 5.21 Å². The molecule has 2 nitrogen and oxygen atoms in total. The third-order valence-electron chi connectivity index (χ3n) is 3.84. The van der Waals surface area contributed by atoms with Crippen LogP contribution in [0.15, 0.2) is 78.0 Å². The van der Waals surface area contributed by atoms with Gasteiger partial charge in [0.2, 0.25) is 0 Å². The van der Waals surface area contributed by atoms with Crippen molar-refractivity contribution >= 4 is 16.5 Å². The SMILES string of the molecule is C/C(=N\O)C(c1ccccc1)c1cccc2ccccc12. The largest absolute Gasteiger partial charge is 0.411 e. The first-order chi connectivity index (χ1) is 10.3. The molecule has 0 heterocycles. The Bertz CT molecular complexity index is 772. The Morgan fingerprint density at radius 2 is 1.52 bits per heavy atom. The molecule has 1 unspecified atom stereocenters. The molecule has 0 bridgehead atoms. The fourth-order valence-corrected chi connectivity index (χ4v) is 2.85. The van der Waals surface area contributed by atoms with E-state index in [1.807, 2.05) is 37.3 Å². The summed E-state index contributed by atoms with van der Waals surface area (Å²) in [5.41, 5.74) is 2.98. The summed E-state index contributed by atoms with van der Waals surface area (Å²) in [6, 6.07) is 24.7. The van der Waals surface area contributed by atoms with Gasteiger partial charge in [0.25, 0.3) is 0 Å². The van der Waals surface area contributed by atoms with Crippen molar-refractivity contribution in [3.05, 3.63) is 83.9 Å². The van der Waals surface area contributed by atoms with E-state index in [1.165, 1.54) is 10.8 Å². The van der Waals surface area contributed by atoms with Crippen molar-refractivity contribution in [2.75, 3.05) is 0 Å². The molecule has 0 spiro atoms. The molecule has 3 rings (SSSR count). The summed E-state index contributed by atoms with van der Waals surface area (Å²) < 4.78 is 0. The topological polar surface area (TPSA) is 32.6 Å². The van der Waals surface area contributed by atoms with Crippen molar-refractivity contribution in [1.82, 2.24) is 0 Å². The maximum atomic E-state index is 9.29. The molecule has 0 aliphatic heterocycles. The maximum absolute atomic E-state index is 9.29. The van der Waals surface area contributed by atoms with E-state index in [2.05, 4.69) is 47.6 Å². The lowest BCUT2D eigenvalue weighted by atomic mass is 9.85. The number of fused-ring (bicyclic) bond motifs is 1. The van der Waals surface area contributed by atoms with Gasteiger partial charge in [-0.3, -0.25) is 0 Å². The van der Waals surface area contributed by atoms with Gasteiger partial charge in [-0.2, -0.15) is 0 Å². The van der Waals surface area contributed by atoms with Crippen molar-refractivity contribution in [3.63, 3.8) is 0 Å². The number of benzene rings is 3. The van der Waals surface area contributed by atoms with Crippen molar-refractivity contribution in [1.29, 1.82) is 0 Å². The number of oxime groups is 1. The van der Waals surface area contributed by atoms with Crippen LogP contribution in [0.1, 0.15) is 24.0 Å². The predicted molar refractivity (Wildman–Crippen MR) is 87.1 cm³/mol. The van der Waals surface area contributed by atoms with Gasteiger partial charge in [0.05, 0.1) is 11.6 Å². The molecule has 1 N–H and O–H groups in total. The van der Waals surface area contributed by atoms with Crippen molar-refractivity contribution in [2.24, 2.45) is 5.16 Å². The van der Waals surface area contributed by atoms with Gasteiger partial charge >= 0.3 is 0 Å². The van der Waals surface area contributed by atoms with Crippen LogP contribution >= 0.6 is 0 Å². The summed E-state index contributed by atoms with van der Waals surface area (Å²) >= 11 is 0. The molecule has 0 aliphatic carbocycles. The van der Waals surface area contributed by atoms with Gasteiger partial charge in [-0.15, -0.1) is 0 Å². The Labute approximate surface area is 124 Å². The monoisotopic (exact) mass is 275 g/mol. The van der Waals surface area contributed by atoms with Crippen LogP contribution in [-0.4, -0.2) is 10.9 Å². The molecule has 0 amide bonds. The number of hydrogen-bond acceptors (Lipinski definition) is 2. The van der Waals surface area contributed by atoms with E-state index < -0.39 is 0 Å². The zero-order valence-corrected chi connectivity index (χ0v) is 11.9. The van der Waals surface area contributed by atoms with E-state index in [0.717, 1.165) is 11.1 Å². The van der Waals surface area contributed by atoms with Gasteiger partial charge in [0.15, 0.2) is 0 Å². The molecule has 0 fully saturated rings. The average Bonchev–Trinajstić information content (AvgIpc) is 2.56. The van der Waals surface area contributed by atoms with Crippen LogP contribution < -0.4 is 0 Å². The Hall–Kier alpha value is -2.61. The lowest BCUT2D eigenvalue weighted by Crippen LogP contribution is -2.11. The molecule has 0 saturated carbocycles. The fraction of sp³-hybridized carbons (Fsp3) is 0.105. The summed E-state index contributed by atoms with van der Waals surface area (Å²) in [5, 5.41) is 15.1. The van der Waals surface area contributed by atoms with Crippen LogP contribution in [0.25, 0.3) is 10.8 Å². The highest BCUT2D eigenvalue weighted by Gasteiger charge is 2.19. The highest BCUT2D eigenvalue weighted by molar-refractivity contribution is 5.97. The standard InChI is InChI=1S/C19H17NO/c1-14(20-21)19(16-9-3-2-4-10-16)18-13-7-11-15-8-5-6-12-17(15)18/h2-13,19,21H,1H3/b20-14+. The lowest BCUT2D eigenvalue weighted by molar-refractivity contribution is 0.317. The zero-order chi connectivity index (χ0) is 14.7. The summed E-state index contributed by atoms with van der Waals surface area (Å²) in [7, 11) is 0. The van der Waals surface area contributed by atoms with E-state index in [-0.39, 0.29) is 5.92 Å². The summed E-state index contributed by atoms with van der Waals surface area (Å²) in [6.45, 7) is 1.86. The number of nitrogens with zero attached hydrogens (tertiary/aromatic N) is 1. The van der Waals surface area contributed by atoms with Gasteiger partial charge in [0.1, 0.15) is 0 Å². The summed E-state index contributed by atoms with van der Waals surface area (Å²) in [4.78, 5) is 0. The Balaban J connectivity index is 2.25. The molecule has 0 saturated heterocycles. The second-order valence-electron chi connectivity index (χ2n) is 5.15. The van der Waals surface area contributed by atoms with E-state index in [0.29, 0.717) is 5.71 Å². The Kier molecular flexibility index (Phi) is 3.69. The highest BCUT2D eigenvalue weighted by Crippen LogP contribution is 2.31. The van der Waals surface area contributed by atoms with Crippen LogP contribution in [0.2, 0.25) is 0 Å². The minimum absolute atomic E-state index is 0.0395. The lowest BCUT2D eigenvalue weighted by Gasteiger charge is -2.19. The molecule has 104 valence electrons. The van der Waals surface area contributed by atoms with Crippen molar-refractivity contribution in [2.45, 2.75) is 12.8 Å². The third-order valence-corrected chi connectivity index (χ3v) is 3.84. The normalized spacial score (nSPS) is 13.3. The van der Waals surface area contributed by atoms with Crippen LogP contribution in [0.5, 0.6) is 0 Å². The van der Waals surface area contributed by atoms with Crippen LogP contribution in [0.4, 0.5) is 0 Å². The fourth-order valence-electron chi connectivity index (χ4n) is 2.85. The first kappa shape index (κ1) is 13.4. The molecule has 1 atom stereocenters. The summed E-state index contributed by atoms with van der Waals surface area (Å²) in [5.74, 6) is -0.0395. The van der Waals surface area contributed by atoms with E-state index in [9.17, 15) is 5.21 Å². The zero-order valence-electron chi connectivity index (χ0n) is 11.9. The first-order valence-electron chi connectivity index (χ1n) is 7.02. The van der Waals surface area contributed by atoms with E-state index in [4.69, 9.17) is 0 Å². The van der Waals surface area contributed by atoms with Gasteiger partial charge < -0.3 is 5.21 Å². The summed E-state index contributed by atoms with van der Waals surface area (Å²) in [6.07, 6.45) is 0. The molecule has 0 radical (unpaired) electrons. The van der Waals surface area contributed by atoms with Gasteiger partial charge in [-0.25, -0.2) is 0 Å². The Morgan fingerprint density at radius 3 is 2.29 bits per heavy atom. The minimum atomic E-state index is -0.0395. The number of hydrogen-bond donors (Lipinski definition) is 1. The second-order valence-corrected chi connectivity index (χ2v) is 5.15. The van der Waals surface area contributed by atoms with Crippen LogP contribution in [0.3, 0.4) is 0 Å². The average molecular weight is 275 g/mol. The van der Waals surface area contributed by atoms with Gasteiger partial charge in [0, 0.05) is 0 Å². The molecular formula is C19H17NO. The third kappa shape index (κ3) is 2.52. The minimum Gasteiger partial charge on any atom is -0.411 e. The van der Waals surface area contributed by atoms with Gasteiger partial charge in [-0.05, 0) is 28.8 Å². The molecule has 0 aromatic heterocycles. The molecule has 0 aliphatic rings. The molecule has 3 aromatic carbocycles. The Morgan fingerprint density at radius 1 is 0.857 bits per heavy atom. The van der Waals surface area contributed by atoms with E-state index >= 15 is 0 Å². The van der Waals surface area contributed by atoms with Crippen LogP contribution in [-0.2, 0) is 0 Å². The maximum Gasteiger partial charge on any atom is 0.0658 e. The molecule has 2 heteroatoms.